The van der Waals surface area contributed by atoms with E-state index in [0.717, 1.165) is 38.5 Å². The van der Waals surface area contributed by atoms with Crippen LogP contribution in [0, 0.1) is 0 Å². The Hall–Kier alpha value is -1.40. The van der Waals surface area contributed by atoms with Crippen LogP contribution in [-0.2, 0) is 14.3 Å². The van der Waals surface area contributed by atoms with E-state index in [4.69, 9.17) is 4.74 Å². The lowest BCUT2D eigenvalue weighted by Crippen LogP contribution is -2.45. The van der Waals surface area contributed by atoms with Crippen molar-refractivity contribution in [2.45, 2.75) is 508 Å². The maximum atomic E-state index is 12.6. The number of aliphatic hydroxyl groups excluding tert-OH is 2. The molecule has 0 aliphatic carbocycles. The van der Waals surface area contributed by atoms with Crippen LogP contribution in [0.2, 0.25) is 0 Å². The Bertz CT molecular complexity index is 1380. The van der Waals surface area contributed by atoms with Crippen LogP contribution in [0.15, 0.2) is 12.2 Å². The van der Waals surface area contributed by atoms with Crippen LogP contribution in [0.4, 0.5) is 0 Å². The lowest BCUT2D eigenvalue weighted by atomic mass is 10.0. The highest BCUT2D eigenvalue weighted by molar-refractivity contribution is 5.76. The molecule has 0 aliphatic rings. The summed E-state index contributed by atoms with van der Waals surface area (Å²) < 4.78 is 5.51. The number of carbonyl (C=O) groups is 2. The van der Waals surface area contributed by atoms with E-state index in [1.165, 1.54) is 424 Å². The van der Waals surface area contributed by atoms with Crippen molar-refractivity contribution in [3.8, 4) is 0 Å². The number of amides is 1. The topological polar surface area (TPSA) is 95.9 Å². The van der Waals surface area contributed by atoms with E-state index in [1.54, 1.807) is 0 Å². The third kappa shape index (κ3) is 77.5. The summed E-state index contributed by atoms with van der Waals surface area (Å²) in [5, 5.41) is 23.5. The van der Waals surface area contributed by atoms with Crippen molar-refractivity contribution in [2.24, 2.45) is 0 Å². The molecule has 6 nitrogen and oxygen atoms in total. The molecule has 0 bridgehead atoms. The Morgan fingerprint density at radius 1 is 0.297 bits per heavy atom. The Morgan fingerprint density at radius 3 is 0.780 bits per heavy atom. The monoisotopic (exact) mass is 1280 g/mol. The molecule has 0 aromatic carbocycles. The summed E-state index contributed by atoms with van der Waals surface area (Å²) in [5.41, 5.74) is 0. The zero-order valence-corrected chi connectivity index (χ0v) is 62.4. The molecule has 0 spiro atoms. The Morgan fingerprint density at radius 2 is 0.516 bits per heavy atom. The third-order valence-corrected chi connectivity index (χ3v) is 20.3. The van der Waals surface area contributed by atoms with Crippen LogP contribution in [-0.4, -0.2) is 47.4 Å². The summed E-state index contributed by atoms with van der Waals surface area (Å²) in [6.07, 6.45) is 103. The van der Waals surface area contributed by atoms with Gasteiger partial charge in [0.05, 0.1) is 25.4 Å². The number of aliphatic hydroxyl groups is 2. The number of unbranched alkanes of at least 4 members (excludes halogenated alkanes) is 68. The van der Waals surface area contributed by atoms with Crippen molar-refractivity contribution in [3.05, 3.63) is 12.2 Å². The number of rotatable bonds is 81. The van der Waals surface area contributed by atoms with E-state index in [0.29, 0.717) is 25.9 Å². The van der Waals surface area contributed by atoms with Crippen LogP contribution in [0.25, 0.3) is 0 Å². The predicted octanol–water partition coefficient (Wildman–Crippen LogP) is 28.2. The van der Waals surface area contributed by atoms with Crippen molar-refractivity contribution >= 4 is 11.9 Å². The second-order valence-electron chi connectivity index (χ2n) is 29.5. The molecule has 0 radical (unpaired) electrons. The summed E-state index contributed by atoms with van der Waals surface area (Å²) in [5.74, 6) is 0.00142. The molecule has 2 unspecified atom stereocenters. The molecule has 0 saturated carbocycles. The van der Waals surface area contributed by atoms with Crippen molar-refractivity contribution in [1.29, 1.82) is 0 Å². The highest BCUT2D eigenvalue weighted by Crippen LogP contribution is 2.21. The first-order valence-electron chi connectivity index (χ1n) is 42.4. The molecule has 0 aromatic heterocycles. The number of allylic oxidation sites excluding steroid dienone is 2. The van der Waals surface area contributed by atoms with E-state index >= 15 is 0 Å². The second-order valence-corrected chi connectivity index (χ2v) is 29.5. The first kappa shape index (κ1) is 89.6. The number of ether oxygens (including phenoxy) is 1. The fraction of sp³-hybridized carbons (Fsp3) is 0.953. The van der Waals surface area contributed by atoms with Gasteiger partial charge in [-0.25, -0.2) is 0 Å². The van der Waals surface area contributed by atoms with Gasteiger partial charge in [-0.3, -0.25) is 9.59 Å². The quantitative estimate of drug-likeness (QED) is 0.0320. The van der Waals surface area contributed by atoms with Crippen LogP contribution in [0.3, 0.4) is 0 Å². The van der Waals surface area contributed by atoms with Gasteiger partial charge in [-0.05, 0) is 51.4 Å². The molecule has 542 valence electrons. The summed E-state index contributed by atoms with van der Waals surface area (Å²) in [6, 6.07) is -0.539. The Labute approximate surface area is 571 Å². The first-order chi connectivity index (χ1) is 45.0. The molecule has 1 amide bonds. The Kier molecular flexibility index (Phi) is 79.8. The zero-order valence-electron chi connectivity index (χ0n) is 62.4. The Balaban J connectivity index is 3.32. The van der Waals surface area contributed by atoms with Gasteiger partial charge < -0.3 is 20.3 Å². The smallest absolute Gasteiger partial charge is 0.305 e. The van der Waals surface area contributed by atoms with E-state index in [2.05, 4.69) is 31.3 Å². The van der Waals surface area contributed by atoms with Crippen LogP contribution < -0.4 is 5.32 Å². The minimum absolute atomic E-state index is 0.0246. The standard InChI is InChI=1S/C85H167NO5/c1-3-5-7-9-11-13-15-17-19-20-21-41-44-47-50-53-57-61-65-69-73-77-83(88)82(81-87)86-84(89)78-74-70-66-62-58-54-51-48-45-42-39-37-35-33-31-29-27-25-23-22-24-26-28-30-32-34-36-38-40-43-46-49-52-56-60-64-68-72-76-80-91-85(90)79-75-71-67-63-59-55-18-16-14-12-10-8-6-4-2/h22-23,82-83,87-88H,3-21,24-81H2,1-2H3,(H,86,89)/b23-22-. The molecular formula is C85H167NO5. The fourth-order valence-corrected chi connectivity index (χ4v) is 13.9. The zero-order chi connectivity index (χ0) is 65.6. The van der Waals surface area contributed by atoms with Gasteiger partial charge in [-0.15, -0.1) is 0 Å². The lowest BCUT2D eigenvalue weighted by Gasteiger charge is -2.22. The molecule has 3 N–H and O–H groups in total. The van der Waals surface area contributed by atoms with Gasteiger partial charge in [0.15, 0.2) is 0 Å². The number of hydrogen-bond donors (Lipinski definition) is 3. The molecule has 6 heteroatoms. The van der Waals surface area contributed by atoms with Crippen LogP contribution in [0.1, 0.15) is 495 Å². The molecule has 2 atom stereocenters. The normalized spacial score (nSPS) is 12.4. The summed E-state index contributed by atoms with van der Waals surface area (Å²) in [4.78, 5) is 24.7. The molecule has 0 aliphatic heterocycles. The maximum Gasteiger partial charge on any atom is 0.305 e. The number of carbonyl (C=O) groups excluding carboxylic acids is 2. The number of hydrogen-bond acceptors (Lipinski definition) is 5. The molecule has 91 heavy (non-hydrogen) atoms. The minimum atomic E-state index is -0.662. The van der Waals surface area contributed by atoms with Gasteiger partial charge in [0.2, 0.25) is 5.91 Å². The summed E-state index contributed by atoms with van der Waals surface area (Å²) in [7, 11) is 0. The summed E-state index contributed by atoms with van der Waals surface area (Å²) >= 11 is 0. The van der Waals surface area contributed by atoms with Crippen LogP contribution in [0.5, 0.6) is 0 Å². The second kappa shape index (κ2) is 81.0. The van der Waals surface area contributed by atoms with Crippen LogP contribution >= 0.6 is 0 Å². The molecule has 0 aromatic rings. The molecule has 0 fully saturated rings. The van der Waals surface area contributed by atoms with Gasteiger partial charge >= 0.3 is 5.97 Å². The predicted molar refractivity (Wildman–Crippen MR) is 403 cm³/mol. The average molecular weight is 1280 g/mol. The number of nitrogens with one attached hydrogen (secondary N) is 1. The van der Waals surface area contributed by atoms with Crippen molar-refractivity contribution in [1.82, 2.24) is 5.32 Å². The SMILES string of the molecule is CCCCCCCCCCCCCCCCCCCCCCCC(O)C(CO)NC(=O)CCCCCCCCCCCCCCCCCCC/C=C\CCCCCCCCCCCCCCCCCCCCOC(=O)CCCCCCCCCCCCCCCC. The van der Waals surface area contributed by atoms with Crippen molar-refractivity contribution in [2.75, 3.05) is 13.2 Å². The van der Waals surface area contributed by atoms with Gasteiger partial charge in [0, 0.05) is 12.8 Å². The van der Waals surface area contributed by atoms with E-state index in [1.807, 2.05) is 0 Å². The van der Waals surface area contributed by atoms with E-state index < -0.39 is 12.1 Å². The van der Waals surface area contributed by atoms with E-state index in [-0.39, 0.29) is 18.5 Å². The molecule has 0 rings (SSSR count). The molecule has 0 heterocycles. The van der Waals surface area contributed by atoms with Gasteiger partial charge in [0.25, 0.3) is 0 Å². The average Bonchev–Trinajstić information content (AvgIpc) is 3.65. The van der Waals surface area contributed by atoms with Gasteiger partial charge in [0.1, 0.15) is 0 Å². The number of esters is 1. The summed E-state index contributed by atoms with van der Waals surface area (Å²) in [6.45, 7) is 5.02. The highest BCUT2D eigenvalue weighted by atomic mass is 16.5. The van der Waals surface area contributed by atoms with E-state index in [9.17, 15) is 19.8 Å². The molecule has 0 saturated heterocycles. The lowest BCUT2D eigenvalue weighted by molar-refractivity contribution is -0.143. The minimum Gasteiger partial charge on any atom is -0.466 e. The van der Waals surface area contributed by atoms with Crippen molar-refractivity contribution < 1.29 is 24.5 Å². The maximum absolute atomic E-state index is 12.6. The van der Waals surface area contributed by atoms with Gasteiger partial charge in [-0.2, -0.15) is 0 Å². The first-order valence-corrected chi connectivity index (χ1v) is 42.4. The highest BCUT2D eigenvalue weighted by Gasteiger charge is 2.20. The van der Waals surface area contributed by atoms with Gasteiger partial charge in [-0.1, -0.05) is 443 Å². The molecular weight excluding hydrogens is 1110 g/mol. The fourth-order valence-electron chi connectivity index (χ4n) is 13.9. The van der Waals surface area contributed by atoms with Crippen molar-refractivity contribution in [3.63, 3.8) is 0 Å². The third-order valence-electron chi connectivity index (χ3n) is 20.3. The largest absolute Gasteiger partial charge is 0.466 e.